The maximum atomic E-state index is 12.9. The summed E-state index contributed by atoms with van der Waals surface area (Å²) in [6.45, 7) is 1.03. The molecular weight excluding hydrogens is 401 g/mol. The van der Waals surface area contributed by atoms with Gasteiger partial charge in [0.1, 0.15) is 11.6 Å². The lowest BCUT2D eigenvalue weighted by Crippen LogP contribution is -2.40. The lowest BCUT2D eigenvalue weighted by Gasteiger charge is -2.08. The van der Waals surface area contributed by atoms with Gasteiger partial charge in [-0.25, -0.2) is 9.37 Å². The first-order valence-electron chi connectivity index (χ1n) is 8.91. The van der Waals surface area contributed by atoms with E-state index in [9.17, 15) is 9.18 Å². The van der Waals surface area contributed by atoms with Gasteiger partial charge in [0.2, 0.25) is 23.5 Å². The highest BCUT2D eigenvalue weighted by Crippen LogP contribution is 2.22. The Labute approximate surface area is 172 Å². The normalized spacial score (nSPS) is 15.6. The fraction of sp³-hybridized carbons (Fsp3) is 0.263. The van der Waals surface area contributed by atoms with Crippen molar-refractivity contribution in [2.75, 3.05) is 6.54 Å². The van der Waals surface area contributed by atoms with Crippen molar-refractivity contribution in [1.29, 1.82) is 0 Å². The van der Waals surface area contributed by atoms with E-state index in [1.54, 1.807) is 18.3 Å². The van der Waals surface area contributed by atoms with E-state index in [2.05, 4.69) is 25.8 Å². The zero-order valence-electron chi connectivity index (χ0n) is 15.3. The van der Waals surface area contributed by atoms with Crippen molar-refractivity contribution in [3.63, 3.8) is 0 Å². The second-order valence-electron chi connectivity index (χ2n) is 6.32. The molecule has 152 valence electrons. The number of aromatic nitrogens is 3. The third-order valence-corrected chi connectivity index (χ3v) is 4.29. The molecule has 1 saturated heterocycles. The Kier molecular flexibility index (Phi) is 6.73. The summed E-state index contributed by atoms with van der Waals surface area (Å²) in [6, 6.07) is 8.90. The molecule has 0 saturated carbocycles. The van der Waals surface area contributed by atoms with Gasteiger partial charge in [0.15, 0.2) is 0 Å². The van der Waals surface area contributed by atoms with Gasteiger partial charge in [0.25, 0.3) is 0 Å². The monoisotopic (exact) mass is 419 g/mol. The van der Waals surface area contributed by atoms with Crippen LogP contribution in [-0.4, -0.2) is 33.6 Å². The molecule has 1 atom stereocenters. The zero-order chi connectivity index (χ0) is 19.3. The molecular formula is C19H19ClFN5O3. The van der Waals surface area contributed by atoms with Crippen LogP contribution in [0.25, 0.3) is 11.4 Å². The lowest BCUT2D eigenvalue weighted by atomic mass is 10.2. The molecule has 2 aromatic heterocycles. The molecule has 1 aromatic carbocycles. The van der Waals surface area contributed by atoms with Gasteiger partial charge in [-0.15, -0.1) is 12.4 Å². The van der Waals surface area contributed by atoms with Crippen LogP contribution in [-0.2, 0) is 11.3 Å². The van der Waals surface area contributed by atoms with Crippen LogP contribution in [0.15, 0.2) is 47.1 Å². The molecule has 0 bridgehead atoms. The molecule has 1 fully saturated rings. The van der Waals surface area contributed by atoms with Gasteiger partial charge in [-0.1, -0.05) is 5.16 Å². The summed E-state index contributed by atoms with van der Waals surface area (Å²) >= 11 is 0. The Balaban J connectivity index is 0.00000240. The summed E-state index contributed by atoms with van der Waals surface area (Å²) in [5, 5.41) is 9.83. The average molecular weight is 420 g/mol. The Bertz CT molecular complexity index is 943. The molecule has 4 rings (SSSR count). The van der Waals surface area contributed by atoms with Crippen LogP contribution in [0.5, 0.6) is 11.6 Å². The smallest absolute Gasteiger partial charge is 0.246 e. The molecule has 3 aromatic rings. The largest absolute Gasteiger partial charge is 0.439 e. The number of halogens is 2. The highest BCUT2D eigenvalue weighted by atomic mass is 35.5. The van der Waals surface area contributed by atoms with E-state index in [-0.39, 0.29) is 36.7 Å². The molecule has 2 N–H and O–H groups in total. The topological polar surface area (TPSA) is 102 Å². The Hall–Kier alpha value is -3.04. The van der Waals surface area contributed by atoms with Crippen molar-refractivity contribution in [3.8, 4) is 23.0 Å². The number of carbonyl (C=O) groups excluding carboxylic acids is 1. The van der Waals surface area contributed by atoms with Crippen molar-refractivity contribution in [2.45, 2.75) is 25.4 Å². The van der Waals surface area contributed by atoms with Crippen molar-refractivity contribution < 1.29 is 18.4 Å². The number of ether oxygens (including phenoxy) is 1. The minimum atomic E-state index is -0.334. The molecule has 8 nitrogen and oxygen atoms in total. The summed E-state index contributed by atoms with van der Waals surface area (Å²) in [7, 11) is 0. The van der Waals surface area contributed by atoms with E-state index in [4.69, 9.17) is 9.26 Å². The molecule has 3 heterocycles. The number of benzene rings is 1. The van der Waals surface area contributed by atoms with Gasteiger partial charge in [-0.2, -0.15) is 4.98 Å². The standard InChI is InChI=1S/C19H18FN5O3.ClH/c20-13-4-6-14(7-5-13)27-16-8-3-12(10-22-16)18-24-17(28-25-18)11-23-19(26)15-2-1-9-21-15;/h3-8,10,15,21H,1-2,9,11H2,(H,23,26);1H. The Morgan fingerprint density at radius 1 is 1.28 bits per heavy atom. The zero-order valence-corrected chi connectivity index (χ0v) is 16.1. The minimum absolute atomic E-state index is 0. The number of amides is 1. The summed E-state index contributed by atoms with van der Waals surface area (Å²) in [6.07, 6.45) is 3.38. The fourth-order valence-corrected chi connectivity index (χ4v) is 2.83. The number of rotatable bonds is 6. The summed E-state index contributed by atoms with van der Waals surface area (Å²) < 4.78 is 23.7. The van der Waals surface area contributed by atoms with Crippen LogP contribution >= 0.6 is 12.4 Å². The lowest BCUT2D eigenvalue weighted by molar-refractivity contribution is -0.123. The van der Waals surface area contributed by atoms with E-state index in [0.717, 1.165) is 19.4 Å². The maximum Gasteiger partial charge on any atom is 0.246 e. The maximum absolute atomic E-state index is 12.9. The third-order valence-electron chi connectivity index (χ3n) is 4.29. The van der Waals surface area contributed by atoms with Gasteiger partial charge in [-0.05, 0) is 49.7 Å². The van der Waals surface area contributed by atoms with Crippen LogP contribution in [0.1, 0.15) is 18.7 Å². The SMILES string of the molecule is Cl.O=C(NCc1nc(-c2ccc(Oc3ccc(F)cc3)nc2)no1)C1CCCN1. The number of nitrogens with one attached hydrogen (secondary N) is 2. The highest BCUT2D eigenvalue weighted by Gasteiger charge is 2.22. The molecule has 10 heteroatoms. The van der Waals surface area contributed by atoms with Crippen LogP contribution in [0.2, 0.25) is 0 Å². The molecule has 29 heavy (non-hydrogen) atoms. The second kappa shape index (κ2) is 9.44. The minimum Gasteiger partial charge on any atom is -0.439 e. The van der Waals surface area contributed by atoms with Gasteiger partial charge in [0, 0.05) is 17.8 Å². The fourth-order valence-electron chi connectivity index (χ4n) is 2.83. The van der Waals surface area contributed by atoms with Gasteiger partial charge >= 0.3 is 0 Å². The molecule has 1 aliphatic heterocycles. The van der Waals surface area contributed by atoms with Crippen molar-refractivity contribution in [3.05, 3.63) is 54.3 Å². The van der Waals surface area contributed by atoms with Gasteiger partial charge in [0.05, 0.1) is 12.6 Å². The Morgan fingerprint density at radius 2 is 2.10 bits per heavy atom. The van der Waals surface area contributed by atoms with Crippen LogP contribution in [0.3, 0.4) is 0 Å². The first kappa shape index (κ1) is 20.7. The predicted octanol–water partition coefficient (Wildman–Crippen LogP) is 2.85. The summed E-state index contributed by atoms with van der Waals surface area (Å²) in [4.78, 5) is 20.5. The summed E-state index contributed by atoms with van der Waals surface area (Å²) in [5.41, 5.74) is 0.644. The Morgan fingerprint density at radius 3 is 2.79 bits per heavy atom. The number of carbonyl (C=O) groups is 1. The van der Waals surface area contributed by atoms with Gasteiger partial charge in [-0.3, -0.25) is 4.79 Å². The van der Waals surface area contributed by atoms with Crippen LogP contribution in [0, 0.1) is 5.82 Å². The van der Waals surface area contributed by atoms with Crippen molar-refractivity contribution in [1.82, 2.24) is 25.8 Å². The highest BCUT2D eigenvalue weighted by molar-refractivity contribution is 5.85. The number of hydrogen-bond acceptors (Lipinski definition) is 7. The van der Waals surface area contributed by atoms with E-state index >= 15 is 0 Å². The molecule has 1 amide bonds. The van der Waals surface area contributed by atoms with Gasteiger partial charge < -0.3 is 19.9 Å². The summed E-state index contributed by atoms with van der Waals surface area (Å²) in [5.74, 6) is 1.11. The van der Waals surface area contributed by atoms with Crippen molar-refractivity contribution in [2.24, 2.45) is 0 Å². The van der Waals surface area contributed by atoms with Crippen LogP contribution in [0.4, 0.5) is 4.39 Å². The van der Waals surface area contributed by atoms with E-state index in [1.165, 1.54) is 24.3 Å². The van der Waals surface area contributed by atoms with E-state index in [1.807, 2.05) is 0 Å². The molecule has 0 spiro atoms. The second-order valence-corrected chi connectivity index (χ2v) is 6.32. The predicted molar refractivity (Wildman–Crippen MR) is 104 cm³/mol. The number of hydrogen-bond donors (Lipinski definition) is 2. The van der Waals surface area contributed by atoms with E-state index in [0.29, 0.717) is 28.9 Å². The molecule has 1 aliphatic rings. The first-order chi connectivity index (χ1) is 13.7. The first-order valence-corrected chi connectivity index (χ1v) is 8.91. The molecule has 0 radical (unpaired) electrons. The average Bonchev–Trinajstić information content (AvgIpc) is 3.41. The van der Waals surface area contributed by atoms with Crippen LogP contribution < -0.4 is 15.4 Å². The van der Waals surface area contributed by atoms with E-state index < -0.39 is 0 Å². The number of nitrogens with zero attached hydrogens (tertiary/aromatic N) is 3. The third kappa shape index (κ3) is 5.27. The quantitative estimate of drug-likeness (QED) is 0.633. The number of pyridine rings is 1. The molecule has 0 aliphatic carbocycles. The van der Waals surface area contributed by atoms with Crippen molar-refractivity contribution >= 4 is 18.3 Å². The molecule has 1 unspecified atom stereocenters.